The van der Waals surface area contributed by atoms with Crippen LogP contribution in [-0.4, -0.2) is 19.2 Å². The smallest absolute Gasteiger partial charge is 0.407 e. The number of ether oxygens (including phenoxy) is 1. The normalized spacial score (nSPS) is 11.8. The number of anilines is 1. The summed E-state index contributed by atoms with van der Waals surface area (Å²) in [6.07, 6.45) is 0.122. The van der Waals surface area contributed by atoms with Crippen LogP contribution < -0.4 is 11.1 Å². The molecule has 0 aromatic heterocycles. The first-order valence-corrected chi connectivity index (χ1v) is 10.1. The zero-order chi connectivity index (χ0) is 20.9. The number of carbonyl (C=O) groups excluding carboxylic acids is 1. The lowest BCUT2D eigenvalue weighted by Crippen LogP contribution is -2.26. The number of amides is 1. The van der Waals surface area contributed by atoms with E-state index in [2.05, 4.69) is 41.4 Å². The van der Waals surface area contributed by atoms with Crippen LogP contribution >= 0.6 is 0 Å². The second kappa shape index (κ2) is 8.75. The van der Waals surface area contributed by atoms with E-state index in [1.807, 2.05) is 49.4 Å². The standard InChI is InChI=1S/C26H24N2O2/c1-18-13-14-20(27)16-19(18)8-6-7-15-28-26(29)30-17-25-23-11-4-2-9-21(23)22-10-3-5-12-24(22)25/h2-5,9-14,16,25H,7,15,17,27H2,1H3,(H,28,29). The van der Waals surface area contributed by atoms with E-state index in [1.165, 1.54) is 22.3 Å². The maximum Gasteiger partial charge on any atom is 0.407 e. The molecular formula is C26H24N2O2. The fourth-order valence-electron chi connectivity index (χ4n) is 3.81. The van der Waals surface area contributed by atoms with Gasteiger partial charge >= 0.3 is 6.09 Å². The van der Waals surface area contributed by atoms with Crippen molar-refractivity contribution in [1.82, 2.24) is 5.32 Å². The molecule has 0 saturated heterocycles. The number of nitrogens with two attached hydrogens (primary N) is 1. The van der Waals surface area contributed by atoms with Crippen molar-refractivity contribution >= 4 is 11.8 Å². The van der Waals surface area contributed by atoms with Crippen molar-refractivity contribution in [3.63, 3.8) is 0 Å². The number of carbonyl (C=O) groups is 1. The second-order valence-corrected chi connectivity index (χ2v) is 7.38. The number of nitrogen functional groups attached to an aromatic ring is 1. The van der Waals surface area contributed by atoms with Crippen LogP contribution in [0.25, 0.3) is 11.1 Å². The van der Waals surface area contributed by atoms with E-state index >= 15 is 0 Å². The first-order valence-electron chi connectivity index (χ1n) is 10.1. The fourth-order valence-corrected chi connectivity index (χ4v) is 3.81. The minimum atomic E-state index is -0.418. The third-order valence-corrected chi connectivity index (χ3v) is 5.35. The number of rotatable bonds is 4. The lowest BCUT2D eigenvalue weighted by atomic mass is 9.98. The molecule has 0 heterocycles. The molecule has 1 amide bonds. The van der Waals surface area contributed by atoms with E-state index in [1.54, 1.807) is 0 Å². The van der Waals surface area contributed by atoms with E-state index in [0.29, 0.717) is 25.3 Å². The molecule has 1 aliphatic carbocycles. The van der Waals surface area contributed by atoms with Crippen LogP contribution in [0.5, 0.6) is 0 Å². The zero-order valence-corrected chi connectivity index (χ0v) is 16.9. The van der Waals surface area contributed by atoms with E-state index in [9.17, 15) is 4.79 Å². The summed E-state index contributed by atoms with van der Waals surface area (Å²) in [7, 11) is 0. The number of fused-ring (bicyclic) bond motifs is 3. The van der Waals surface area contributed by atoms with Gasteiger partial charge in [0, 0.05) is 30.1 Å². The Hall–Kier alpha value is -3.71. The summed E-state index contributed by atoms with van der Waals surface area (Å²) in [6, 6.07) is 22.3. The van der Waals surface area contributed by atoms with E-state index in [4.69, 9.17) is 10.5 Å². The number of aryl methyl sites for hydroxylation is 1. The summed E-state index contributed by atoms with van der Waals surface area (Å²) in [6.45, 7) is 2.75. The summed E-state index contributed by atoms with van der Waals surface area (Å²) in [5.41, 5.74) is 13.3. The lowest BCUT2D eigenvalue weighted by molar-refractivity contribution is 0.143. The highest BCUT2D eigenvalue weighted by molar-refractivity contribution is 5.79. The van der Waals surface area contributed by atoms with Crippen molar-refractivity contribution in [3.05, 3.63) is 89.0 Å². The Labute approximate surface area is 177 Å². The summed E-state index contributed by atoms with van der Waals surface area (Å²) >= 11 is 0. The molecule has 4 heteroatoms. The van der Waals surface area contributed by atoms with Crippen molar-refractivity contribution in [2.24, 2.45) is 0 Å². The molecular weight excluding hydrogens is 372 g/mol. The van der Waals surface area contributed by atoms with Crippen molar-refractivity contribution in [2.45, 2.75) is 19.3 Å². The SMILES string of the molecule is Cc1ccc(N)cc1C#CCCNC(=O)OCC1c2ccccc2-c2ccccc21. The van der Waals surface area contributed by atoms with Gasteiger partial charge in [-0.2, -0.15) is 0 Å². The molecule has 4 rings (SSSR count). The third kappa shape index (κ3) is 4.16. The zero-order valence-electron chi connectivity index (χ0n) is 16.9. The van der Waals surface area contributed by atoms with Gasteiger partial charge in [0.1, 0.15) is 6.61 Å². The Morgan fingerprint density at radius 2 is 1.70 bits per heavy atom. The highest BCUT2D eigenvalue weighted by atomic mass is 16.5. The highest BCUT2D eigenvalue weighted by Gasteiger charge is 2.28. The Kier molecular flexibility index (Phi) is 5.72. The first kappa shape index (κ1) is 19.6. The summed E-state index contributed by atoms with van der Waals surface area (Å²) in [5.74, 6) is 6.24. The van der Waals surface area contributed by atoms with Crippen LogP contribution in [0.1, 0.15) is 34.6 Å². The number of nitrogens with one attached hydrogen (secondary N) is 1. The summed E-state index contributed by atoms with van der Waals surface area (Å²) in [4.78, 5) is 12.2. The maximum absolute atomic E-state index is 12.2. The van der Waals surface area contributed by atoms with Gasteiger partial charge in [-0.1, -0.05) is 66.4 Å². The molecule has 30 heavy (non-hydrogen) atoms. The van der Waals surface area contributed by atoms with Crippen molar-refractivity contribution < 1.29 is 9.53 Å². The van der Waals surface area contributed by atoms with Gasteiger partial charge in [-0.25, -0.2) is 4.79 Å². The molecule has 0 bridgehead atoms. The largest absolute Gasteiger partial charge is 0.449 e. The Bertz CT molecular complexity index is 1100. The Morgan fingerprint density at radius 1 is 1.03 bits per heavy atom. The molecule has 0 saturated carbocycles. The average molecular weight is 396 g/mol. The topological polar surface area (TPSA) is 64.3 Å². The van der Waals surface area contributed by atoms with Crippen LogP contribution in [-0.2, 0) is 4.74 Å². The average Bonchev–Trinajstić information content (AvgIpc) is 3.08. The third-order valence-electron chi connectivity index (χ3n) is 5.35. The Morgan fingerprint density at radius 3 is 2.40 bits per heavy atom. The van der Waals surface area contributed by atoms with Gasteiger partial charge in [0.2, 0.25) is 0 Å². The van der Waals surface area contributed by atoms with Crippen molar-refractivity contribution in [3.8, 4) is 23.0 Å². The minimum Gasteiger partial charge on any atom is -0.449 e. The van der Waals surface area contributed by atoms with Crippen LogP contribution in [0.4, 0.5) is 10.5 Å². The van der Waals surface area contributed by atoms with Gasteiger partial charge in [-0.15, -0.1) is 0 Å². The molecule has 0 fully saturated rings. The quantitative estimate of drug-likeness (QED) is 0.376. The number of alkyl carbamates (subject to hydrolysis) is 1. The predicted molar refractivity (Wildman–Crippen MR) is 120 cm³/mol. The molecule has 4 nitrogen and oxygen atoms in total. The number of benzene rings is 3. The maximum atomic E-state index is 12.2. The summed E-state index contributed by atoms with van der Waals surface area (Å²) in [5, 5.41) is 2.78. The van der Waals surface area contributed by atoms with Crippen LogP contribution in [0.3, 0.4) is 0 Å². The van der Waals surface area contributed by atoms with Gasteiger partial charge in [-0.3, -0.25) is 0 Å². The molecule has 150 valence electrons. The van der Waals surface area contributed by atoms with Crippen molar-refractivity contribution in [1.29, 1.82) is 0 Å². The highest BCUT2D eigenvalue weighted by Crippen LogP contribution is 2.44. The monoisotopic (exact) mass is 396 g/mol. The molecule has 3 aromatic rings. The van der Waals surface area contributed by atoms with Gasteiger partial charge in [-0.05, 0) is 46.9 Å². The molecule has 3 N–H and O–H groups in total. The molecule has 0 radical (unpaired) electrons. The number of hydrogen-bond donors (Lipinski definition) is 2. The predicted octanol–water partition coefficient (Wildman–Crippen LogP) is 4.86. The summed E-state index contributed by atoms with van der Waals surface area (Å²) < 4.78 is 5.52. The van der Waals surface area contributed by atoms with E-state index in [-0.39, 0.29) is 5.92 Å². The molecule has 3 aromatic carbocycles. The second-order valence-electron chi connectivity index (χ2n) is 7.38. The van der Waals surface area contributed by atoms with Gasteiger partial charge in [0.25, 0.3) is 0 Å². The molecule has 0 unspecified atom stereocenters. The van der Waals surface area contributed by atoms with E-state index < -0.39 is 6.09 Å². The van der Waals surface area contributed by atoms with Gasteiger partial charge in [0.15, 0.2) is 0 Å². The van der Waals surface area contributed by atoms with Gasteiger partial charge < -0.3 is 15.8 Å². The fraction of sp³-hybridized carbons (Fsp3) is 0.192. The Balaban J connectivity index is 1.30. The molecule has 1 aliphatic rings. The van der Waals surface area contributed by atoms with Crippen LogP contribution in [0.2, 0.25) is 0 Å². The van der Waals surface area contributed by atoms with Crippen molar-refractivity contribution in [2.75, 3.05) is 18.9 Å². The molecule has 0 spiro atoms. The van der Waals surface area contributed by atoms with Crippen LogP contribution in [0.15, 0.2) is 66.7 Å². The number of hydrogen-bond acceptors (Lipinski definition) is 3. The lowest BCUT2D eigenvalue weighted by Gasteiger charge is -2.14. The molecule has 0 aliphatic heterocycles. The van der Waals surface area contributed by atoms with Crippen LogP contribution in [0, 0.1) is 18.8 Å². The first-order chi connectivity index (χ1) is 14.6. The molecule has 0 atom stereocenters. The van der Waals surface area contributed by atoms with Gasteiger partial charge in [0.05, 0.1) is 0 Å². The van der Waals surface area contributed by atoms with E-state index in [0.717, 1.165) is 11.1 Å². The minimum absolute atomic E-state index is 0.0643.